The van der Waals surface area contributed by atoms with E-state index in [1.807, 2.05) is 0 Å². The number of esters is 1. The maximum absolute atomic E-state index is 12.3. The normalized spacial score (nSPS) is 12.6. The van der Waals surface area contributed by atoms with Gasteiger partial charge in [-0.15, -0.1) is 0 Å². The summed E-state index contributed by atoms with van der Waals surface area (Å²) in [7, 11) is -1.35. The van der Waals surface area contributed by atoms with Gasteiger partial charge in [-0.05, 0) is 36.8 Å². The number of carbonyl (C=O) groups excluding carboxylic acids is 1. The van der Waals surface area contributed by atoms with Gasteiger partial charge >= 0.3 is 5.97 Å². The molecule has 0 bridgehead atoms. The number of hydrogen-bond donors (Lipinski definition) is 0. The van der Waals surface area contributed by atoms with Crippen LogP contribution in [0.1, 0.15) is 28.9 Å². The van der Waals surface area contributed by atoms with Gasteiger partial charge in [0.15, 0.2) is 0 Å². The summed E-state index contributed by atoms with van der Waals surface area (Å²) in [5.74, 6) is -0.682. The van der Waals surface area contributed by atoms with Crippen molar-refractivity contribution in [3.05, 3.63) is 69.8 Å². The molecule has 2 rings (SSSR count). The van der Waals surface area contributed by atoms with Crippen LogP contribution in [0, 0.1) is 10.1 Å². The lowest BCUT2D eigenvalue weighted by molar-refractivity contribution is -0.385. The molecule has 0 saturated carbocycles. The molecule has 0 amide bonds. The number of hydrogen-bond acceptors (Lipinski definition) is 7. The largest absolute Gasteiger partial charge is 0.454 e. The van der Waals surface area contributed by atoms with E-state index >= 15 is 0 Å². The van der Waals surface area contributed by atoms with Crippen molar-refractivity contribution in [2.75, 3.05) is 14.2 Å². The van der Waals surface area contributed by atoms with Gasteiger partial charge in [0.25, 0.3) is 15.7 Å². The van der Waals surface area contributed by atoms with E-state index in [4.69, 9.17) is 4.74 Å². The van der Waals surface area contributed by atoms with Crippen LogP contribution >= 0.6 is 0 Å². The smallest absolute Gasteiger partial charge is 0.338 e. The molecule has 0 N–H and O–H groups in total. The SMILES string of the molecule is CON(C)S(=O)(=O)c1ccc(C(=O)O[C@@H](C)c2cccc([N+](=O)[O-])c2)cc1. The molecule has 0 unspecified atom stereocenters. The molecule has 0 aliphatic carbocycles. The van der Waals surface area contributed by atoms with E-state index < -0.39 is 27.0 Å². The average Bonchev–Trinajstić information content (AvgIpc) is 2.67. The van der Waals surface area contributed by atoms with Crippen LogP contribution in [-0.4, -0.2) is 37.9 Å². The summed E-state index contributed by atoms with van der Waals surface area (Å²) in [5.41, 5.74) is 0.511. The van der Waals surface area contributed by atoms with Crippen molar-refractivity contribution in [3.63, 3.8) is 0 Å². The summed E-state index contributed by atoms with van der Waals surface area (Å²) >= 11 is 0. The third kappa shape index (κ3) is 4.67. The monoisotopic (exact) mass is 394 g/mol. The second kappa shape index (κ2) is 8.25. The fourth-order valence-corrected chi connectivity index (χ4v) is 3.17. The number of nitro benzene ring substituents is 1. The maximum Gasteiger partial charge on any atom is 0.338 e. The minimum atomic E-state index is -3.82. The molecule has 0 saturated heterocycles. The Balaban J connectivity index is 2.14. The first-order chi connectivity index (χ1) is 12.7. The van der Waals surface area contributed by atoms with Gasteiger partial charge < -0.3 is 4.74 Å². The standard InChI is InChI=1S/C17H18N2O7S/c1-12(14-5-4-6-15(11-14)19(21)22)26-17(20)13-7-9-16(10-8-13)27(23,24)18(2)25-3/h4-12H,1-3H3/t12-/m0/s1. The summed E-state index contributed by atoms with van der Waals surface area (Å²) in [6.45, 7) is 1.59. The van der Waals surface area contributed by atoms with E-state index in [-0.39, 0.29) is 16.1 Å². The summed E-state index contributed by atoms with van der Waals surface area (Å²) in [4.78, 5) is 27.2. The number of benzene rings is 2. The van der Waals surface area contributed by atoms with Gasteiger partial charge in [-0.1, -0.05) is 16.6 Å². The number of ether oxygens (including phenoxy) is 1. The molecule has 0 radical (unpaired) electrons. The fraction of sp³-hybridized carbons (Fsp3) is 0.235. The molecule has 0 aliphatic heterocycles. The van der Waals surface area contributed by atoms with Gasteiger partial charge in [0.2, 0.25) is 0 Å². The molecule has 0 aromatic heterocycles. The van der Waals surface area contributed by atoms with Gasteiger partial charge in [-0.2, -0.15) is 0 Å². The number of carbonyl (C=O) groups is 1. The Morgan fingerprint density at radius 2 is 1.81 bits per heavy atom. The number of nitrogens with zero attached hydrogens (tertiary/aromatic N) is 2. The van der Waals surface area contributed by atoms with Crippen molar-refractivity contribution in [2.24, 2.45) is 0 Å². The molecule has 2 aromatic carbocycles. The second-order valence-corrected chi connectivity index (χ2v) is 7.46. The van der Waals surface area contributed by atoms with Gasteiger partial charge in [0.1, 0.15) is 6.10 Å². The minimum Gasteiger partial charge on any atom is -0.454 e. The quantitative estimate of drug-likeness (QED) is 0.403. The lowest BCUT2D eigenvalue weighted by Crippen LogP contribution is -2.25. The molecule has 0 heterocycles. The van der Waals surface area contributed by atoms with E-state index in [1.165, 1.54) is 56.6 Å². The van der Waals surface area contributed by atoms with Crippen LogP contribution < -0.4 is 0 Å². The Morgan fingerprint density at radius 1 is 1.19 bits per heavy atom. The zero-order valence-corrected chi connectivity index (χ0v) is 15.7. The molecule has 2 aromatic rings. The molecular weight excluding hydrogens is 376 g/mol. The molecule has 144 valence electrons. The zero-order valence-electron chi connectivity index (χ0n) is 14.9. The van der Waals surface area contributed by atoms with Crippen LogP contribution in [0.15, 0.2) is 53.4 Å². The lowest BCUT2D eigenvalue weighted by Gasteiger charge is -2.15. The van der Waals surface area contributed by atoms with Crippen molar-refractivity contribution in [1.29, 1.82) is 0 Å². The van der Waals surface area contributed by atoms with Crippen LogP contribution in [-0.2, 0) is 19.6 Å². The highest BCUT2D eigenvalue weighted by Crippen LogP contribution is 2.23. The number of sulfonamides is 1. The third-order valence-electron chi connectivity index (χ3n) is 3.82. The van der Waals surface area contributed by atoms with Crippen molar-refractivity contribution in [1.82, 2.24) is 4.47 Å². The molecular formula is C17H18N2O7S. The van der Waals surface area contributed by atoms with Crippen molar-refractivity contribution in [2.45, 2.75) is 17.9 Å². The predicted molar refractivity (Wildman–Crippen MR) is 95.3 cm³/mol. The first-order valence-electron chi connectivity index (χ1n) is 7.75. The van der Waals surface area contributed by atoms with Crippen molar-refractivity contribution >= 4 is 21.7 Å². The molecule has 0 spiro atoms. The Morgan fingerprint density at radius 3 is 2.37 bits per heavy atom. The van der Waals surface area contributed by atoms with Crippen LogP contribution in [0.2, 0.25) is 0 Å². The molecule has 0 aliphatic rings. The summed E-state index contributed by atoms with van der Waals surface area (Å²) < 4.78 is 30.3. The van der Waals surface area contributed by atoms with Gasteiger partial charge in [-0.25, -0.2) is 13.2 Å². The van der Waals surface area contributed by atoms with Crippen molar-refractivity contribution in [3.8, 4) is 0 Å². The highest BCUT2D eigenvalue weighted by atomic mass is 32.2. The molecule has 27 heavy (non-hydrogen) atoms. The second-order valence-electron chi connectivity index (χ2n) is 5.52. The summed E-state index contributed by atoms with van der Waals surface area (Å²) in [6.07, 6.45) is -0.722. The van der Waals surface area contributed by atoms with Crippen LogP contribution in [0.3, 0.4) is 0 Å². The van der Waals surface area contributed by atoms with E-state index in [1.54, 1.807) is 13.0 Å². The Labute approximate surface area is 156 Å². The van der Waals surface area contributed by atoms with Gasteiger partial charge in [0, 0.05) is 19.2 Å². The van der Waals surface area contributed by atoms with Crippen LogP contribution in [0.5, 0.6) is 0 Å². The summed E-state index contributed by atoms with van der Waals surface area (Å²) in [6, 6.07) is 10.9. The number of nitro groups is 1. The zero-order chi connectivity index (χ0) is 20.2. The molecule has 10 heteroatoms. The Kier molecular flexibility index (Phi) is 6.26. The topological polar surface area (TPSA) is 116 Å². The first-order valence-corrected chi connectivity index (χ1v) is 9.19. The lowest BCUT2D eigenvalue weighted by atomic mass is 10.1. The van der Waals surface area contributed by atoms with Crippen molar-refractivity contribution < 1.29 is 27.7 Å². The van der Waals surface area contributed by atoms with Crippen LogP contribution in [0.25, 0.3) is 0 Å². The van der Waals surface area contributed by atoms with Gasteiger partial charge in [-0.3, -0.25) is 15.0 Å². The predicted octanol–water partition coefficient (Wildman–Crippen LogP) is 2.69. The van der Waals surface area contributed by atoms with E-state index in [9.17, 15) is 23.3 Å². The van der Waals surface area contributed by atoms with E-state index in [0.29, 0.717) is 10.0 Å². The number of rotatable bonds is 7. The molecule has 0 fully saturated rings. The molecule has 1 atom stereocenters. The van der Waals surface area contributed by atoms with E-state index in [2.05, 4.69) is 4.84 Å². The maximum atomic E-state index is 12.3. The average molecular weight is 394 g/mol. The Bertz CT molecular complexity index is 942. The minimum absolute atomic E-state index is 0.0462. The number of non-ortho nitro benzene ring substituents is 1. The van der Waals surface area contributed by atoms with Crippen LogP contribution in [0.4, 0.5) is 5.69 Å². The molecule has 9 nitrogen and oxygen atoms in total. The third-order valence-corrected chi connectivity index (χ3v) is 5.51. The fourth-order valence-electron chi connectivity index (χ4n) is 2.20. The number of hydroxylamine groups is 1. The Hall–Kier alpha value is -2.82. The highest BCUT2D eigenvalue weighted by Gasteiger charge is 2.22. The summed E-state index contributed by atoms with van der Waals surface area (Å²) in [5, 5.41) is 10.8. The van der Waals surface area contributed by atoms with E-state index in [0.717, 1.165) is 0 Å². The highest BCUT2D eigenvalue weighted by molar-refractivity contribution is 7.89. The first kappa shape index (κ1) is 20.5. The van der Waals surface area contributed by atoms with Gasteiger partial charge in [0.05, 0.1) is 22.5 Å².